The van der Waals surface area contributed by atoms with Gasteiger partial charge in [0.25, 0.3) is 0 Å². The van der Waals surface area contributed by atoms with Gasteiger partial charge >= 0.3 is 6.09 Å². The highest BCUT2D eigenvalue weighted by molar-refractivity contribution is 5.90. The maximum absolute atomic E-state index is 14.7. The first-order chi connectivity index (χ1) is 14.0. The van der Waals surface area contributed by atoms with E-state index in [1.807, 2.05) is 17.0 Å². The van der Waals surface area contributed by atoms with Crippen LogP contribution in [-0.4, -0.2) is 92.4 Å². The second kappa shape index (κ2) is 8.11. The first-order valence-corrected chi connectivity index (χ1v) is 9.39. The number of cyclic esters (lactones) is 1. The number of carbonyl (C=O) groups excluding carboxylic acids is 1. The molecule has 11 heteroatoms. The summed E-state index contributed by atoms with van der Waals surface area (Å²) in [5, 5.41) is 19.4. The Kier molecular flexibility index (Phi) is 5.38. The fourth-order valence-corrected chi connectivity index (χ4v) is 3.31. The molecule has 3 heterocycles. The number of rotatable bonds is 5. The van der Waals surface area contributed by atoms with Crippen LogP contribution in [0.15, 0.2) is 28.5 Å². The van der Waals surface area contributed by atoms with Crippen LogP contribution in [0.25, 0.3) is 0 Å². The summed E-state index contributed by atoms with van der Waals surface area (Å²) in [6.45, 7) is 2.95. The lowest BCUT2D eigenvalue weighted by molar-refractivity contribution is 0.0963. The number of carbonyl (C=O) groups is 1. The molecule has 0 bridgehead atoms. The van der Waals surface area contributed by atoms with Crippen molar-refractivity contribution in [1.82, 2.24) is 9.91 Å². The van der Waals surface area contributed by atoms with Crippen molar-refractivity contribution in [2.45, 2.75) is 6.10 Å². The Hall–Kier alpha value is -3.08. The molecule has 156 valence electrons. The molecule has 29 heavy (non-hydrogen) atoms. The van der Waals surface area contributed by atoms with Crippen LogP contribution in [0.3, 0.4) is 0 Å². The molecule has 1 aromatic carbocycles. The predicted molar refractivity (Wildman–Crippen MR) is 105 cm³/mol. The highest BCUT2D eigenvalue weighted by atomic mass is 19.1. The lowest BCUT2D eigenvalue weighted by atomic mass is 10.2. The Morgan fingerprint density at radius 1 is 1.31 bits per heavy atom. The number of hydrogen-bond donors (Lipinski definition) is 1. The van der Waals surface area contributed by atoms with Crippen molar-refractivity contribution in [2.75, 3.05) is 62.8 Å². The summed E-state index contributed by atoms with van der Waals surface area (Å²) in [5.74, 6) is 0.337. The van der Waals surface area contributed by atoms with E-state index in [2.05, 4.69) is 10.3 Å². The third-order valence-electron chi connectivity index (χ3n) is 5.04. The van der Waals surface area contributed by atoms with Crippen molar-refractivity contribution in [3.8, 4) is 0 Å². The number of hydrogen-bond acceptors (Lipinski definition) is 9. The van der Waals surface area contributed by atoms with E-state index in [1.54, 1.807) is 23.4 Å². The number of aliphatic hydroxyl groups is 1. The van der Waals surface area contributed by atoms with Crippen LogP contribution < -0.4 is 9.80 Å². The Morgan fingerprint density at radius 2 is 2.17 bits per heavy atom. The molecule has 0 aliphatic carbocycles. The predicted octanol–water partition coefficient (Wildman–Crippen LogP) is 0.484. The SMILES string of the molecule is CN1CCON=C1CN1CCN(c2ccc(N3CC(CO)OC3=O)cc2F)C=N1. The van der Waals surface area contributed by atoms with E-state index < -0.39 is 18.0 Å². The molecule has 1 aromatic rings. The number of nitrogens with zero attached hydrogens (tertiary/aromatic N) is 6. The molecule has 0 aromatic heterocycles. The lowest BCUT2D eigenvalue weighted by Crippen LogP contribution is -2.45. The minimum atomic E-state index is -0.594. The van der Waals surface area contributed by atoms with Gasteiger partial charge in [-0.15, -0.1) is 0 Å². The van der Waals surface area contributed by atoms with Gasteiger partial charge in [0, 0.05) is 13.6 Å². The number of ether oxygens (including phenoxy) is 1. The first kappa shape index (κ1) is 19.2. The van der Waals surface area contributed by atoms with Gasteiger partial charge in [-0.3, -0.25) is 9.91 Å². The van der Waals surface area contributed by atoms with Gasteiger partial charge in [-0.1, -0.05) is 5.16 Å². The van der Waals surface area contributed by atoms with Crippen LogP contribution in [0.4, 0.5) is 20.6 Å². The Balaban J connectivity index is 1.42. The van der Waals surface area contributed by atoms with Crippen molar-refractivity contribution >= 4 is 29.6 Å². The zero-order valence-corrected chi connectivity index (χ0v) is 16.1. The van der Waals surface area contributed by atoms with Gasteiger partial charge in [0.15, 0.2) is 5.84 Å². The number of hydrazone groups is 1. The van der Waals surface area contributed by atoms with Gasteiger partial charge in [0.05, 0.1) is 44.2 Å². The number of amidine groups is 1. The lowest BCUT2D eigenvalue weighted by Gasteiger charge is -2.32. The van der Waals surface area contributed by atoms with Crippen LogP contribution in [-0.2, 0) is 9.57 Å². The second-order valence-electron chi connectivity index (χ2n) is 7.01. The summed E-state index contributed by atoms with van der Waals surface area (Å²) in [6.07, 6.45) is 0.396. The van der Waals surface area contributed by atoms with E-state index in [9.17, 15) is 9.18 Å². The molecule has 3 aliphatic heterocycles. The maximum Gasteiger partial charge on any atom is 0.414 e. The van der Waals surface area contributed by atoms with Gasteiger partial charge in [0.2, 0.25) is 0 Å². The normalized spacial score (nSPS) is 22.0. The van der Waals surface area contributed by atoms with Crippen LogP contribution in [0, 0.1) is 5.82 Å². The fourth-order valence-electron chi connectivity index (χ4n) is 3.31. The van der Waals surface area contributed by atoms with Gasteiger partial charge < -0.3 is 24.5 Å². The van der Waals surface area contributed by atoms with Crippen LogP contribution >= 0.6 is 0 Å². The number of aliphatic hydroxyl groups excluding tert-OH is 1. The van der Waals surface area contributed by atoms with Crippen LogP contribution in [0.2, 0.25) is 0 Å². The molecule has 3 aliphatic rings. The molecule has 0 saturated carbocycles. The van der Waals surface area contributed by atoms with E-state index in [4.69, 9.17) is 14.7 Å². The second-order valence-corrected chi connectivity index (χ2v) is 7.01. The molecule has 1 atom stereocenters. The maximum atomic E-state index is 14.7. The average molecular weight is 406 g/mol. The summed E-state index contributed by atoms with van der Waals surface area (Å²) < 4.78 is 19.7. The van der Waals surface area contributed by atoms with Crippen molar-refractivity contribution < 1.29 is 23.9 Å². The highest BCUT2D eigenvalue weighted by Gasteiger charge is 2.32. The largest absolute Gasteiger partial charge is 0.441 e. The molecular weight excluding hydrogens is 383 g/mol. The molecule has 10 nitrogen and oxygen atoms in total. The molecular formula is C18H23FN6O4. The van der Waals surface area contributed by atoms with Gasteiger partial charge in [-0.2, -0.15) is 5.10 Å². The minimum absolute atomic E-state index is 0.191. The molecule has 1 fully saturated rings. The quantitative estimate of drug-likeness (QED) is 0.760. The number of amides is 1. The average Bonchev–Trinajstić information content (AvgIpc) is 3.11. The van der Waals surface area contributed by atoms with E-state index in [-0.39, 0.29) is 13.2 Å². The van der Waals surface area contributed by atoms with Gasteiger partial charge in [0.1, 0.15) is 24.9 Å². The molecule has 1 N–H and O–H groups in total. The van der Waals surface area contributed by atoms with Gasteiger partial charge in [-0.25, -0.2) is 9.18 Å². The third kappa shape index (κ3) is 4.04. The van der Waals surface area contributed by atoms with E-state index in [0.717, 1.165) is 12.4 Å². The van der Waals surface area contributed by atoms with E-state index >= 15 is 0 Å². The monoisotopic (exact) mass is 406 g/mol. The fraction of sp³-hybridized carbons (Fsp3) is 0.500. The molecule has 0 radical (unpaired) electrons. The summed E-state index contributed by atoms with van der Waals surface area (Å²) in [7, 11) is 1.96. The third-order valence-corrected chi connectivity index (χ3v) is 5.04. The molecule has 1 saturated heterocycles. The first-order valence-electron chi connectivity index (χ1n) is 9.39. The number of oxime groups is 1. The van der Waals surface area contributed by atoms with Crippen molar-refractivity contribution in [1.29, 1.82) is 0 Å². The Labute approximate surface area is 167 Å². The number of anilines is 2. The standard InChI is InChI=1S/C18H23FN6O4/c1-22-6-7-28-21-17(22)10-24-5-4-23(12-20-24)16-3-2-13(8-15(16)19)25-9-14(11-26)29-18(25)27/h2-3,8,12,14,26H,4-7,9-11H2,1H3. The number of likely N-dealkylation sites (N-methyl/N-ethyl adjacent to an activating group) is 1. The minimum Gasteiger partial charge on any atom is -0.441 e. The van der Waals surface area contributed by atoms with Gasteiger partial charge in [-0.05, 0) is 18.2 Å². The summed E-state index contributed by atoms with van der Waals surface area (Å²) >= 11 is 0. The summed E-state index contributed by atoms with van der Waals surface area (Å²) in [4.78, 5) is 22.1. The van der Waals surface area contributed by atoms with Crippen molar-refractivity contribution in [3.63, 3.8) is 0 Å². The zero-order valence-electron chi connectivity index (χ0n) is 16.1. The Bertz CT molecular complexity index is 835. The van der Waals surface area contributed by atoms with E-state index in [0.29, 0.717) is 37.6 Å². The molecule has 0 spiro atoms. The molecule has 1 unspecified atom stereocenters. The Morgan fingerprint density at radius 3 is 2.83 bits per heavy atom. The van der Waals surface area contributed by atoms with E-state index in [1.165, 1.54) is 11.0 Å². The van der Waals surface area contributed by atoms with Crippen molar-refractivity contribution in [2.24, 2.45) is 10.3 Å². The van der Waals surface area contributed by atoms with Crippen LogP contribution in [0.5, 0.6) is 0 Å². The number of benzene rings is 1. The molecule has 4 rings (SSSR count). The smallest absolute Gasteiger partial charge is 0.414 e. The topological polar surface area (TPSA) is 93.4 Å². The summed E-state index contributed by atoms with van der Waals surface area (Å²) in [5.41, 5.74) is 0.764. The van der Waals surface area contributed by atoms with Crippen LogP contribution in [0.1, 0.15) is 0 Å². The summed E-state index contributed by atoms with van der Waals surface area (Å²) in [6, 6.07) is 4.56. The number of halogens is 1. The molecule has 1 amide bonds. The zero-order chi connectivity index (χ0) is 20.4. The van der Waals surface area contributed by atoms with Crippen molar-refractivity contribution in [3.05, 3.63) is 24.0 Å². The highest BCUT2D eigenvalue weighted by Crippen LogP contribution is 2.28.